The fourth-order valence-electron chi connectivity index (χ4n) is 1.79. The van der Waals surface area contributed by atoms with Gasteiger partial charge in [0.15, 0.2) is 5.75 Å². The van der Waals surface area contributed by atoms with E-state index in [1.165, 1.54) is 12.1 Å². The zero-order valence-electron chi connectivity index (χ0n) is 9.43. The number of aromatic amines is 1. The second-order valence-electron chi connectivity index (χ2n) is 4.04. The van der Waals surface area contributed by atoms with E-state index in [4.69, 9.17) is 0 Å². The largest absolute Gasteiger partial charge is 0.506 e. The number of pyridine rings is 3. The highest BCUT2D eigenvalue weighted by molar-refractivity contribution is 5.89. The molecule has 0 radical (unpaired) electrons. The quantitative estimate of drug-likeness (QED) is 0.515. The zero-order chi connectivity index (χ0) is 12.9. The molecule has 0 fully saturated rings. The number of aryl methyl sites for hydroxylation is 1. The molecule has 0 amide bonds. The Bertz CT molecular complexity index is 839. The van der Waals surface area contributed by atoms with Crippen molar-refractivity contribution in [2.45, 2.75) is 6.92 Å². The Morgan fingerprint density at radius 2 is 1.67 bits per heavy atom. The lowest BCUT2D eigenvalue weighted by atomic mass is 10.2. The molecular formula is C12H9N3O3. The topological polar surface area (TPSA) is 99.1 Å². The molecule has 0 aromatic carbocycles. The van der Waals surface area contributed by atoms with Gasteiger partial charge in [-0.3, -0.25) is 4.79 Å². The van der Waals surface area contributed by atoms with Gasteiger partial charge in [-0.25, -0.2) is 9.97 Å². The molecule has 0 aliphatic heterocycles. The van der Waals surface area contributed by atoms with Crippen LogP contribution in [0.4, 0.5) is 0 Å². The molecule has 0 aliphatic rings. The maximum atomic E-state index is 11.3. The molecule has 6 nitrogen and oxygen atoms in total. The lowest BCUT2D eigenvalue weighted by Crippen LogP contribution is -2.05. The van der Waals surface area contributed by atoms with Gasteiger partial charge in [0.25, 0.3) is 5.56 Å². The number of rotatable bonds is 0. The van der Waals surface area contributed by atoms with Crippen LogP contribution >= 0.6 is 0 Å². The van der Waals surface area contributed by atoms with E-state index in [9.17, 15) is 15.0 Å². The highest BCUT2D eigenvalue weighted by Gasteiger charge is 2.07. The van der Waals surface area contributed by atoms with Gasteiger partial charge < -0.3 is 15.2 Å². The minimum Gasteiger partial charge on any atom is -0.506 e. The van der Waals surface area contributed by atoms with Crippen molar-refractivity contribution in [2.75, 3.05) is 0 Å². The first kappa shape index (κ1) is 10.5. The van der Waals surface area contributed by atoms with Crippen molar-refractivity contribution in [1.29, 1.82) is 0 Å². The van der Waals surface area contributed by atoms with Gasteiger partial charge in [-0.1, -0.05) is 0 Å². The summed E-state index contributed by atoms with van der Waals surface area (Å²) in [5, 5.41) is 18.9. The minimum absolute atomic E-state index is 0.0583. The molecule has 18 heavy (non-hydrogen) atoms. The first-order valence-corrected chi connectivity index (χ1v) is 5.28. The number of hydrogen-bond donors (Lipinski definition) is 3. The Hall–Kier alpha value is -2.63. The van der Waals surface area contributed by atoms with Gasteiger partial charge in [0.1, 0.15) is 5.75 Å². The van der Waals surface area contributed by atoms with Gasteiger partial charge in [0.05, 0.1) is 27.8 Å². The fraction of sp³-hybridized carbons (Fsp3) is 0.0833. The Morgan fingerprint density at radius 3 is 2.44 bits per heavy atom. The van der Waals surface area contributed by atoms with E-state index in [0.717, 1.165) is 0 Å². The molecule has 0 saturated heterocycles. The molecule has 3 heterocycles. The molecule has 0 saturated carbocycles. The van der Waals surface area contributed by atoms with Gasteiger partial charge in [-0.05, 0) is 13.0 Å². The van der Waals surface area contributed by atoms with Crippen molar-refractivity contribution in [3.8, 4) is 11.5 Å². The number of aromatic hydroxyl groups is 2. The highest BCUT2D eigenvalue weighted by atomic mass is 16.3. The van der Waals surface area contributed by atoms with Crippen LogP contribution in [0.2, 0.25) is 0 Å². The summed E-state index contributed by atoms with van der Waals surface area (Å²) in [5.74, 6) is -0.332. The lowest BCUT2D eigenvalue weighted by molar-refractivity contribution is 0.468. The molecule has 3 aromatic heterocycles. The Balaban J connectivity index is 2.47. The van der Waals surface area contributed by atoms with E-state index in [-0.39, 0.29) is 5.75 Å². The molecule has 6 heteroatoms. The van der Waals surface area contributed by atoms with Gasteiger partial charge in [0, 0.05) is 12.1 Å². The smallest absolute Gasteiger partial charge is 0.290 e. The molecule has 90 valence electrons. The number of nitrogens with one attached hydrogen (secondary N) is 1. The summed E-state index contributed by atoms with van der Waals surface area (Å²) in [4.78, 5) is 22.2. The average Bonchev–Trinajstić information content (AvgIpc) is 2.31. The average molecular weight is 243 g/mol. The van der Waals surface area contributed by atoms with Crippen LogP contribution in [0.3, 0.4) is 0 Å². The third-order valence-electron chi connectivity index (χ3n) is 2.75. The number of aromatic nitrogens is 3. The van der Waals surface area contributed by atoms with Crippen molar-refractivity contribution in [2.24, 2.45) is 0 Å². The van der Waals surface area contributed by atoms with Crippen molar-refractivity contribution >= 4 is 22.1 Å². The second-order valence-corrected chi connectivity index (χ2v) is 4.04. The van der Waals surface area contributed by atoms with Crippen molar-refractivity contribution in [1.82, 2.24) is 15.0 Å². The summed E-state index contributed by atoms with van der Waals surface area (Å²) in [6.07, 6.45) is 0. The van der Waals surface area contributed by atoms with Crippen LogP contribution in [0.25, 0.3) is 22.1 Å². The summed E-state index contributed by atoms with van der Waals surface area (Å²) < 4.78 is 0. The summed E-state index contributed by atoms with van der Waals surface area (Å²) >= 11 is 0. The minimum atomic E-state index is -0.570. The Labute approximate surface area is 101 Å². The van der Waals surface area contributed by atoms with E-state index in [0.29, 0.717) is 27.8 Å². The first-order valence-electron chi connectivity index (χ1n) is 5.28. The number of H-pyrrole nitrogens is 1. The predicted molar refractivity (Wildman–Crippen MR) is 65.7 cm³/mol. The van der Waals surface area contributed by atoms with Gasteiger partial charge >= 0.3 is 0 Å². The van der Waals surface area contributed by atoms with Crippen LogP contribution < -0.4 is 5.56 Å². The SMILES string of the molecule is Cc1nc2cc3[nH]c(=O)c(O)cc3nc2cc1O. The second kappa shape index (κ2) is 3.43. The highest BCUT2D eigenvalue weighted by Crippen LogP contribution is 2.22. The molecule has 3 N–H and O–H groups in total. The molecular weight excluding hydrogens is 234 g/mol. The maximum Gasteiger partial charge on any atom is 0.290 e. The fourth-order valence-corrected chi connectivity index (χ4v) is 1.79. The predicted octanol–water partition coefficient (Wildman–Crippen LogP) is 1.19. The summed E-state index contributed by atoms with van der Waals surface area (Å²) in [6.45, 7) is 1.68. The van der Waals surface area contributed by atoms with Gasteiger partial charge in [0.2, 0.25) is 0 Å². The molecule has 0 bridgehead atoms. The van der Waals surface area contributed by atoms with Crippen LogP contribution in [0.15, 0.2) is 23.0 Å². The zero-order valence-corrected chi connectivity index (χ0v) is 9.43. The Morgan fingerprint density at radius 1 is 1.00 bits per heavy atom. The third kappa shape index (κ3) is 1.46. The van der Waals surface area contributed by atoms with Crippen molar-refractivity contribution in [3.05, 3.63) is 34.2 Å². The van der Waals surface area contributed by atoms with Crippen LogP contribution in [0.1, 0.15) is 5.69 Å². The molecule has 0 aliphatic carbocycles. The van der Waals surface area contributed by atoms with E-state index >= 15 is 0 Å². The van der Waals surface area contributed by atoms with E-state index in [2.05, 4.69) is 15.0 Å². The van der Waals surface area contributed by atoms with Crippen molar-refractivity contribution in [3.63, 3.8) is 0 Å². The lowest BCUT2D eigenvalue weighted by Gasteiger charge is -2.04. The van der Waals surface area contributed by atoms with E-state index in [1.54, 1.807) is 13.0 Å². The van der Waals surface area contributed by atoms with E-state index < -0.39 is 11.3 Å². The third-order valence-corrected chi connectivity index (χ3v) is 2.75. The number of nitrogens with zero attached hydrogens (tertiary/aromatic N) is 2. The molecule has 0 unspecified atom stereocenters. The summed E-state index contributed by atoms with van der Waals surface area (Å²) in [7, 11) is 0. The van der Waals surface area contributed by atoms with Crippen LogP contribution in [0.5, 0.6) is 11.5 Å². The van der Waals surface area contributed by atoms with Gasteiger partial charge in [-0.2, -0.15) is 0 Å². The maximum absolute atomic E-state index is 11.3. The van der Waals surface area contributed by atoms with Gasteiger partial charge in [-0.15, -0.1) is 0 Å². The standard InChI is InChI=1S/C12H9N3O3/c1-5-10(16)3-8-6(13-5)2-7-9(14-8)4-11(17)12(18)15-7/h2-4,16-17H,1H3,(H,15,18). The van der Waals surface area contributed by atoms with Crippen molar-refractivity contribution < 1.29 is 10.2 Å². The van der Waals surface area contributed by atoms with E-state index in [1.807, 2.05) is 0 Å². The normalized spacial score (nSPS) is 11.2. The molecule has 0 spiro atoms. The first-order chi connectivity index (χ1) is 8.54. The number of fused-ring (bicyclic) bond motifs is 2. The molecule has 3 aromatic rings. The van der Waals surface area contributed by atoms with Crippen LogP contribution in [-0.4, -0.2) is 25.2 Å². The summed E-state index contributed by atoms with van der Waals surface area (Å²) in [6, 6.07) is 4.44. The molecule has 0 atom stereocenters. The Kier molecular flexibility index (Phi) is 2.00. The molecule has 3 rings (SSSR count). The summed E-state index contributed by atoms with van der Waals surface area (Å²) in [5.41, 5.74) is 1.91. The van der Waals surface area contributed by atoms with Crippen LogP contribution in [0, 0.1) is 6.92 Å². The monoisotopic (exact) mass is 243 g/mol. The van der Waals surface area contributed by atoms with Crippen LogP contribution in [-0.2, 0) is 0 Å². The number of hydrogen-bond acceptors (Lipinski definition) is 5.